The number of H-pyrrole nitrogens is 1. The Bertz CT molecular complexity index is 771. The van der Waals surface area contributed by atoms with Crippen LogP contribution in [0.25, 0.3) is 11.0 Å². The van der Waals surface area contributed by atoms with Gasteiger partial charge < -0.3 is 15.0 Å². The molecule has 1 aliphatic rings. The Morgan fingerprint density at radius 1 is 1.31 bits per heavy atom. The Morgan fingerprint density at radius 3 is 2.88 bits per heavy atom. The van der Waals surface area contributed by atoms with Crippen LogP contribution in [0.1, 0.15) is 39.0 Å². The number of rotatable bonds is 6. The summed E-state index contributed by atoms with van der Waals surface area (Å²) in [5, 5.41) is 5.89. The molecule has 0 unspecified atom stereocenters. The molecule has 3 amide bonds. The number of imide groups is 1. The van der Waals surface area contributed by atoms with Crippen LogP contribution in [0.4, 0.5) is 4.79 Å². The lowest BCUT2D eigenvalue weighted by Crippen LogP contribution is -2.45. The highest BCUT2D eigenvalue weighted by Crippen LogP contribution is 2.23. The zero-order valence-electron chi connectivity index (χ0n) is 14.8. The second kappa shape index (κ2) is 8.93. The van der Waals surface area contributed by atoms with Crippen molar-refractivity contribution in [2.24, 2.45) is 0 Å². The highest BCUT2D eigenvalue weighted by Gasteiger charge is 2.17. The maximum absolute atomic E-state index is 12.0. The number of benzene rings is 1. The standard InChI is InChI=1S/C18H24N4O3S/c1-2-25-13-8-9-14-15(10-13)21-18(20-14)26-11-16(23)22-17(24)19-12-6-4-3-5-7-12/h8-10,12H,2-7,11H2,1H3,(H,20,21)(H2,19,22,23,24). The van der Waals surface area contributed by atoms with Crippen molar-refractivity contribution >= 4 is 34.7 Å². The van der Waals surface area contributed by atoms with Crippen LogP contribution >= 0.6 is 11.8 Å². The lowest BCUT2D eigenvalue weighted by Gasteiger charge is -2.22. The minimum atomic E-state index is -0.409. The molecular weight excluding hydrogens is 352 g/mol. The van der Waals surface area contributed by atoms with E-state index in [1.54, 1.807) is 0 Å². The summed E-state index contributed by atoms with van der Waals surface area (Å²) in [4.78, 5) is 31.4. The van der Waals surface area contributed by atoms with Crippen molar-refractivity contribution in [2.45, 2.75) is 50.2 Å². The fourth-order valence-electron chi connectivity index (χ4n) is 3.06. The van der Waals surface area contributed by atoms with Gasteiger partial charge >= 0.3 is 6.03 Å². The van der Waals surface area contributed by atoms with E-state index in [9.17, 15) is 9.59 Å². The van der Waals surface area contributed by atoms with Crippen molar-refractivity contribution in [1.29, 1.82) is 0 Å². The Hall–Kier alpha value is -2.22. The van der Waals surface area contributed by atoms with Gasteiger partial charge in [0.2, 0.25) is 5.91 Å². The molecule has 0 saturated heterocycles. The lowest BCUT2D eigenvalue weighted by atomic mass is 9.96. The number of nitrogens with one attached hydrogen (secondary N) is 3. The number of thioether (sulfide) groups is 1. The number of fused-ring (bicyclic) bond motifs is 1. The van der Waals surface area contributed by atoms with E-state index in [1.165, 1.54) is 18.2 Å². The summed E-state index contributed by atoms with van der Waals surface area (Å²) in [5.74, 6) is 0.562. The first-order valence-electron chi connectivity index (χ1n) is 8.99. The van der Waals surface area contributed by atoms with Gasteiger partial charge in [0.25, 0.3) is 0 Å². The second-order valence-electron chi connectivity index (χ2n) is 6.30. The fourth-order valence-corrected chi connectivity index (χ4v) is 3.74. The van der Waals surface area contributed by atoms with Crippen LogP contribution < -0.4 is 15.4 Å². The highest BCUT2D eigenvalue weighted by atomic mass is 32.2. The van der Waals surface area contributed by atoms with Crippen LogP contribution in [0.15, 0.2) is 23.4 Å². The van der Waals surface area contributed by atoms with Crippen molar-refractivity contribution in [3.05, 3.63) is 18.2 Å². The van der Waals surface area contributed by atoms with Gasteiger partial charge in [0, 0.05) is 12.1 Å². The number of aromatic nitrogens is 2. The SMILES string of the molecule is CCOc1ccc2nc(SCC(=O)NC(=O)NC3CCCCC3)[nH]c2c1. The molecule has 3 N–H and O–H groups in total. The van der Waals surface area contributed by atoms with Crippen molar-refractivity contribution < 1.29 is 14.3 Å². The summed E-state index contributed by atoms with van der Waals surface area (Å²) in [6, 6.07) is 5.39. The molecule has 26 heavy (non-hydrogen) atoms. The zero-order chi connectivity index (χ0) is 18.4. The van der Waals surface area contributed by atoms with Gasteiger partial charge in [-0.1, -0.05) is 31.0 Å². The van der Waals surface area contributed by atoms with Gasteiger partial charge in [-0.2, -0.15) is 0 Å². The number of urea groups is 1. The third-order valence-electron chi connectivity index (χ3n) is 4.28. The Balaban J connectivity index is 1.47. The first-order chi connectivity index (χ1) is 12.6. The van der Waals surface area contributed by atoms with E-state index >= 15 is 0 Å². The predicted molar refractivity (Wildman–Crippen MR) is 102 cm³/mol. The van der Waals surface area contributed by atoms with Gasteiger partial charge in [0.1, 0.15) is 5.75 Å². The van der Waals surface area contributed by atoms with E-state index in [2.05, 4.69) is 20.6 Å². The van der Waals surface area contributed by atoms with E-state index in [0.717, 1.165) is 42.5 Å². The molecule has 140 valence electrons. The van der Waals surface area contributed by atoms with E-state index in [1.807, 2.05) is 25.1 Å². The minimum Gasteiger partial charge on any atom is -0.494 e. The normalized spacial score (nSPS) is 15.0. The monoisotopic (exact) mass is 376 g/mol. The van der Waals surface area contributed by atoms with Crippen molar-refractivity contribution in [2.75, 3.05) is 12.4 Å². The number of amides is 3. The Morgan fingerprint density at radius 2 is 2.12 bits per heavy atom. The third kappa shape index (κ3) is 5.14. The van der Waals surface area contributed by atoms with E-state index in [4.69, 9.17) is 4.74 Å². The Kier molecular flexibility index (Phi) is 6.38. The summed E-state index contributed by atoms with van der Waals surface area (Å²) < 4.78 is 5.46. The molecule has 2 aromatic rings. The van der Waals surface area contributed by atoms with Crippen LogP contribution in [0.3, 0.4) is 0 Å². The molecule has 3 rings (SSSR count). The molecule has 0 radical (unpaired) electrons. The van der Waals surface area contributed by atoms with Gasteiger partial charge in [0.15, 0.2) is 5.16 Å². The number of nitrogens with zero attached hydrogens (tertiary/aromatic N) is 1. The quantitative estimate of drug-likeness (QED) is 0.673. The maximum Gasteiger partial charge on any atom is 0.321 e. The summed E-state index contributed by atoms with van der Waals surface area (Å²) >= 11 is 1.26. The largest absolute Gasteiger partial charge is 0.494 e. The van der Waals surface area contributed by atoms with Crippen molar-refractivity contribution in [1.82, 2.24) is 20.6 Å². The van der Waals surface area contributed by atoms with Crippen LogP contribution in [0.5, 0.6) is 5.75 Å². The van der Waals surface area contributed by atoms with Crippen LogP contribution in [0.2, 0.25) is 0 Å². The second-order valence-corrected chi connectivity index (χ2v) is 7.26. The number of imidazole rings is 1. The number of carbonyl (C=O) groups is 2. The van der Waals surface area contributed by atoms with Crippen LogP contribution in [-0.4, -0.2) is 40.3 Å². The molecule has 8 heteroatoms. The molecule has 0 aliphatic heterocycles. The van der Waals surface area contributed by atoms with Crippen LogP contribution in [-0.2, 0) is 4.79 Å². The van der Waals surface area contributed by atoms with E-state index < -0.39 is 6.03 Å². The Labute approximate surface area is 156 Å². The zero-order valence-corrected chi connectivity index (χ0v) is 15.7. The average molecular weight is 376 g/mol. The molecular formula is C18H24N4O3S. The molecule has 1 aromatic heterocycles. The number of carbonyl (C=O) groups excluding carboxylic acids is 2. The number of hydrogen-bond acceptors (Lipinski definition) is 5. The van der Waals surface area contributed by atoms with Gasteiger partial charge in [-0.15, -0.1) is 0 Å². The molecule has 7 nitrogen and oxygen atoms in total. The molecule has 1 saturated carbocycles. The minimum absolute atomic E-state index is 0.121. The number of ether oxygens (including phenoxy) is 1. The predicted octanol–water partition coefficient (Wildman–Crippen LogP) is 3.21. The topological polar surface area (TPSA) is 96.1 Å². The van der Waals surface area contributed by atoms with Gasteiger partial charge in [0.05, 0.1) is 23.4 Å². The summed E-state index contributed by atoms with van der Waals surface area (Å²) in [6.45, 7) is 2.53. The molecule has 1 aliphatic carbocycles. The molecule has 1 aromatic carbocycles. The molecule has 0 bridgehead atoms. The average Bonchev–Trinajstić information content (AvgIpc) is 3.03. The molecule has 1 fully saturated rings. The molecule has 0 atom stereocenters. The van der Waals surface area contributed by atoms with Gasteiger partial charge in [-0.3, -0.25) is 10.1 Å². The van der Waals surface area contributed by atoms with Crippen molar-refractivity contribution in [3.63, 3.8) is 0 Å². The first-order valence-corrected chi connectivity index (χ1v) is 9.98. The number of aromatic amines is 1. The van der Waals surface area contributed by atoms with Gasteiger partial charge in [-0.25, -0.2) is 9.78 Å². The fraction of sp³-hybridized carbons (Fsp3) is 0.500. The summed E-state index contributed by atoms with van der Waals surface area (Å²) in [7, 11) is 0. The first kappa shape index (κ1) is 18.6. The molecule has 1 heterocycles. The van der Waals surface area contributed by atoms with Gasteiger partial charge in [-0.05, 0) is 31.9 Å². The molecule has 0 spiro atoms. The highest BCUT2D eigenvalue weighted by molar-refractivity contribution is 7.99. The number of hydrogen-bond donors (Lipinski definition) is 3. The van der Waals surface area contributed by atoms with E-state index in [-0.39, 0.29) is 17.7 Å². The smallest absolute Gasteiger partial charge is 0.321 e. The lowest BCUT2D eigenvalue weighted by molar-refractivity contribution is -0.117. The third-order valence-corrected chi connectivity index (χ3v) is 5.15. The van der Waals surface area contributed by atoms with E-state index in [0.29, 0.717) is 11.8 Å². The summed E-state index contributed by atoms with van der Waals surface area (Å²) in [6.07, 6.45) is 5.45. The maximum atomic E-state index is 12.0. The summed E-state index contributed by atoms with van der Waals surface area (Å²) in [5.41, 5.74) is 1.67. The van der Waals surface area contributed by atoms with Crippen LogP contribution in [0, 0.1) is 0 Å². The van der Waals surface area contributed by atoms with Crippen molar-refractivity contribution in [3.8, 4) is 5.75 Å².